The third-order valence-electron chi connectivity index (χ3n) is 6.36. The Hall–Kier alpha value is -3.13. The van der Waals surface area contributed by atoms with Gasteiger partial charge in [-0.1, -0.05) is 0 Å². The molecule has 2 aliphatic rings. The van der Waals surface area contributed by atoms with E-state index in [2.05, 4.69) is 20.5 Å². The molecule has 0 N–H and O–H groups in total. The maximum absolute atomic E-state index is 13.1. The van der Waals surface area contributed by atoms with Crippen LogP contribution in [-0.4, -0.2) is 64.9 Å². The van der Waals surface area contributed by atoms with Crippen molar-refractivity contribution in [3.63, 3.8) is 0 Å². The summed E-state index contributed by atoms with van der Waals surface area (Å²) in [7, 11) is 3.55. The Balaban J connectivity index is 1.54. The number of nitrogens with zero attached hydrogens (tertiary/aromatic N) is 5. The van der Waals surface area contributed by atoms with E-state index in [0.717, 1.165) is 29.2 Å². The number of likely N-dealkylation sites (tertiary alicyclic amines) is 1. The molecule has 0 saturated carbocycles. The van der Waals surface area contributed by atoms with Gasteiger partial charge < -0.3 is 19.3 Å². The summed E-state index contributed by atoms with van der Waals surface area (Å²) < 4.78 is 2.11. The van der Waals surface area contributed by atoms with Crippen LogP contribution in [0.2, 0.25) is 0 Å². The Morgan fingerprint density at radius 3 is 2.87 bits per heavy atom. The fraction of sp³-hybridized carbons (Fsp3) is 0.348. The number of aromatic nitrogens is 2. The van der Waals surface area contributed by atoms with Gasteiger partial charge in [0.05, 0.1) is 24.3 Å². The normalized spacial score (nSPS) is 19.4. The van der Waals surface area contributed by atoms with Crippen molar-refractivity contribution in [1.82, 2.24) is 19.4 Å². The van der Waals surface area contributed by atoms with Crippen LogP contribution in [0.1, 0.15) is 17.7 Å². The summed E-state index contributed by atoms with van der Waals surface area (Å²) in [4.78, 5) is 36.3. The van der Waals surface area contributed by atoms with Crippen molar-refractivity contribution in [3.8, 4) is 5.82 Å². The van der Waals surface area contributed by atoms with E-state index in [0.29, 0.717) is 19.5 Å². The van der Waals surface area contributed by atoms with Crippen LogP contribution in [0.25, 0.3) is 5.82 Å². The van der Waals surface area contributed by atoms with Gasteiger partial charge in [0.15, 0.2) is 5.82 Å². The highest BCUT2D eigenvalue weighted by Crippen LogP contribution is 2.46. The predicted octanol–water partition coefficient (Wildman–Crippen LogP) is 2.51. The molecule has 1 saturated heterocycles. The van der Waals surface area contributed by atoms with Gasteiger partial charge in [0.25, 0.3) is 0 Å². The minimum absolute atomic E-state index is 0.0252. The summed E-state index contributed by atoms with van der Waals surface area (Å²) in [5.41, 5.74) is 2.59. The first-order chi connectivity index (χ1) is 15.0. The Morgan fingerprint density at radius 1 is 1.23 bits per heavy atom. The first-order valence-corrected chi connectivity index (χ1v) is 11.3. The monoisotopic (exact) mass is 435 g/mol. The zero-order valence-electron chi connectivity index (χ0n) is 17.7. The number of hydrogen-bond acceptors (Lipinski definition) is 5. The average molecular weight is 436 g/mol. The van der Waals surface area contributed by atoms with Crippen LogP contribution in [0.4, 0.5) is 5.69 Å². The maximum atomic E-state index is 13.1. The summed E-state index contributed by atoms with van der Waals surface area (Å²) in [6, 6.07) is 10.0. The third-order valence-corrected chi connectivity index (χ3v) is 7.09. The molecule has 0 aliphatic carbocycles. The summed E-state index contributed by atoms with van der Waals surface area (Å²) in [6.45, 7) is 1.45. The van der Waals surface area contributed by atoms with Crippen molar-refractivity contribution in [3.05, 3.63) is 64.7 Å². The molecule has 1 atom stereocenters. The summed E-state index contributed by atoms with van der Waals surface area (Å²) in [5, 5.41) is 4.03. The zero-order valence-corrected chi connectivity index (χ0v) is 18.5. The van der Waals surface area contributed by atoms with Crippen molar-refractivity contribution >= 4 is 28.8 Å². The van der Waals surface area contributed by atoms with Gasteiger partial charge in [-0.05, 0) is 53.1 Å². The minimum Gasteiger partial charge on any atom is -0.347 e. The second kappa shape index (κ2) is 7.53. The molecule has 2 aliphatic heterocycles. The van der Waals surface area contributed by atoms with E-state index in [-0.39, 0.29) is 18.4 Å². The van der Waals surface area contributed by atoms with Crippen LogP contribution in [0.15, 0.2) is 53.5 Å². The molecule has 5 rings (SSSR count). The highest BCUT2D eigenvalue weighted by molar-refractivity contribution is 7.08. The number of rotatable bonds is 4. The Labute approximate surface area is 185 Å². The average Bonchev–Trinajstić information content (AvgIpc) is 3.52. The number of amides is 2. The molecule has 160 valence electrons. The highest BCUT2D eigenvalue weighted by Gasteiger charge is 2.51. The number of carbonyl (C=O) groups is 2. The lowest BCUT2D eigenvalue weighted by Crippen LogP contribution is -2.55. The van der Waals surface area contributed by atoms with Gasteiger partial charge in [-0.3, -0.25) is 9.59 Å². The van der Waals surface area contributed by atoms with Gasteiger partial charge >= 0.3 is 0 Å². The molecule has 2 amide bonds. The SMILES string of the molecule is CN(C)C(=O)CN1c2cccnc2-n2cccc2[C@@]12CCN(C(=O)Cc1ccsc1)C2. The molecule has 0 unspecified atom stereocenters. The van der Waals surface area contributed by atoms with Crippen LogP contribution in [0, 0.1) is 0 Å². The number of carbonyl (C=O) groups excluding carboxylic acids is 2. The van der Waals surface area contributed by atoms with Crippen molar-refractivity contribution in [1.29, 1.82) is 0 Å². The molecule has 8 heteroatoms. The largest absolute Gasteiger partial charge is 0.347 e. The quantitative estimate of drug-likeness (QED) is 0.632. The van der Waals surface area contributed by atoms with Gasteiger partial charge in [-0.15, -0.1) is 0 Å². The van der Waals surface area contributed by atoms with Crippen molar-refractivity contribution in [2.45, 2.75) is 18.4 Å². The van der Waals surface area contributed by atoms with E-state index in [9.17, 15) is 9.59 Å². The van der Waals surface area contributed by atoms with E-state index < -0.39 is 5.54 Å². The zero-order chi connectivity index (χ0) is 21.6. The standard InChI is InChI=1S/C23H25N5O2S/c1-25(2)21(30)14-28-18-5-3-9-24-22(18)27-10-4-6-19(27)23(28)8-11-26(16-23)20(29)13-17-7-12-31-15-17/h3-7,9-10,12,15H,8,11,13-14,16H2,1-2H3/t23-/m0/s1. The van der Waals surface area contributed by atoms with Gasteiger partial charge in [-0.25, -0.2) is 4.98 Å². The van der Waals surface area contributed by atoms with E-state index in [1.54, 1.807) is 36.5 Å². The smallest absolute Gasteiger partial charge is 0.241 e. The lowest BCUT2D eigenvalue weighted by molar-refractivity contribution is -0.129. The molecule has 31 heavy (non-hydrogen) atoms. The molecular formula is C23H25N5O2S. The second-order valence-electron chi connectivity index (χ2n) is 8.39. The van der Waals surface area contributed by atoms with Crippen molar-refractivity contribution < 1.29 is 9.59 Å². The first kappa shape index (κ1) is 19.8. The lowest BCUT2D eigenvalue weighted by atomic mass is 9.88. The number of anilines is 1. The van der Waals surface area contributed by atoms with E-state index in [1.165, 1.54) is 0 Å². The molecule has 3 aromatic rings. The van der Waals surface area contributed by atoms with E-state index in [4.69, 9.17) is 0 Å². The van der Waals surface area contributed by atoms with Gasteiger partial charge in [0, 0.05) is 39.6 Å². The van der Waals surface area contributed by atoms with E-state index in [1.807, 2.05) is 46.1 Å². The van der Waals surface area contributed by atoms with Gasteiger partial charge in [0.2, 0.25) is 11.8 Å². The Kier molecular flexibility index (Phi) is 4.81. The van der Waals surface area contributed by atoms with Crippen LogP contribution in [0.5, 0.6) is 0 Å². The summed E-state index contributed by atoms with van der Waals surface area (Å²) >= 11 is 1.61. The number of fused-ring (bicyclic) bond motifs is 4. The number of hydrogen-bond donors (Lipinski definition) is 0. The number of likely N-dealkylation sites (N-methyl/N-ethyl adjacent to an activating group) is 1. The molecular weight excluding hydrogens is 410 g/mol. The Bertz CT molecular complexity index is 1120. The minimum atomic E-state index is -0.463. The van der Waals surface area contributed by atoms with Crippen LogP contribution < -0.4 is 4.90 Å². The van der Waals surface area contributed by atoms with Crippen molar-refractivity contribution in [2.24, 2.45) is 0 Å². The topological polar surface area (TPSA) is 61.7 Å². The van der Waals surface area contributed by atoms with Gasteiger partial charge in [0.1, 0.15) is 5.54 Å². The third kappa shape index (κ3) is 3.22. The highest BCUT2D eigenvalue weighted by atomic mass is 32.1. The Morgan fingerprint density at radius 2 is 2.10 bits per heavy atom. The van der Waals surface area contributed by atoms with Crippen LogP contribution in [0.3, 0.4) is 0 Å². The molecule has 7 nitrogen and oxygen atoms in total. The second-order valence-corrected chi connectivity index (χ2v) is 9.17. The van der Waals surface area contributed by atoms with Crippen molar-refractivity contribution in [2.75, 3.05) is 38.6 Å². The first-order valence-electron chi connectivity index (χ1n) is 10.4. The summed E-state index contributed by atoms with van der Waals surface area (Å²) in [6.07, 6.45) is 4.97. The molecule has 0 radical (unpaired) electrons. The molecule has 5 heterocycles. The maximum Gasteiger partial charge on any atom is 0.241 e. The fourth-order valence-electron chi connectivity index (χ4n) is 4.73. The lowest BCUT2D eigenvalue weighted by Gasteiger charge is -2.47. The van der Waals surface area contributed by atoms with Crippen LogP contribution >= 0.6 is 11.3 Å². The fourth-order valence-corrected chi connectivity index (χ4v) is 5.40. The van der Waals surface area contributed by atoms with E-state index >= 15 is 0 Å². The molecule has 1 fully saturated rings. The molecule has 1 spiro atoms. The predicted molar refractivity (Wildman–Crippen MR) is 121 cm³/mol. The van der Waals surface area contributed by atoms with Crippen LogP contribution in [-0.2, 0) is 21.5 Å². The number of pyridine rings is 1. The number of thiophene rings is 1. The molecule has 3 aromatic heterocycles. The molecule has 0 aromatic carbocycles. The van der Waals surface area contributed by atoms with Gasteiger partial charge in [-0.2, -0.15) is 11.3 Å². The molecule has 0 bridgehead atoms. The summed E-state index contributed by atoms with van der Waals surface area (Å²) in [5.74, 6) is 0.976.